The first kappa shape index (κ1) is 21.2. The zero-order valence-corrected chi connectivity index (χ0v) is 18.0. The topological polar surface area (TPSA) is 17.8 Å². The molecule has 4 aromatic rings. The van der Waals surface area contributed by atoms with Crippen molar-refractivity contribution >= 4 is 11.0 Å². The first-order valence-corrected chi connectivity index (χ1v) is 10.5. The Morgan fingerprint density at radius 1 is 0.742 bits per heavy atom. The van der Waals surface area contributed by atoms with Gasteiger partial charge >= 0.3 is 6.18 Å². The van der Waals surface area contributed by atoms with Crippen molar-refractivity contribution in [3.8, 4) is 17.1 Å². The van der Waals surface area contributed by atoms with Gasteiger partial charge in [-0.2, -0.15) is 13.2 Å². The van der Waals surface area contributed by atoms with Crippen molar-refractivity contribution < 1.29 is 13.2 Å². The number of nitrogens with zero attached hydrogens (tertiary/aromatic N) is 2. The highest BCUT2D eigenvalue weighted by Crippen LogP contribution is 2.38. The number of hydrogen-bond acceptors (Lipinski definition) is 1. The minimum absolute atomic E-state index is 0.273. The second-order valence-electron chi connectivity index (χ2n) is 8.43. The van der Waals surface area contributed by atoms with Crippen LogP contribution >= 0.6 is 0 Å². The van der Waals surface area contributed by atoms with E-state index in [1.807, 2.05) is 24.3 Å². The number of halogens is 3. The molecule has 0 saturated carbocycles. The van der Waals surface area contributed by atoms with Crippen molar-refractivity contribution in [1.29, 1.82) is 0 Å². The van der Waals surface area contributed by atoms with E-state index in [1.54, 1.807) is 0 Å². The molecule has 0 atom stereocenters. The lowest BCUT2D eigenvalue weighted by atomic mass is 9.92. The van der Waals surface area contributed by atoms with Gasteiger partial charge in [0.2, 0.25) is 0 Å². The molecule has 0 bridgehead atoms. The Kier molecular flexibility index (Phi) is 5.38. The molecule has 0 unspecified atom stereocenters. The highest BCUT2D eigenvalue weighted by atomic mass is 19.4. The monoisotopic (exact) mass is 422 g/mol. The number of aromatic nitrogens is 2. The zero-order valence-electron chi connectivity index (χ0n) is 18.0. The molecule has 0 spiro atoms. The molecule has 1 heterocycles. The highest BCUT2D eigenvalue weighted by molar-refractivity contribution is 5.84. The van der Waals surface area contributed by atoms with Gasteiger partial charge < -0.3 is 0 Å². The third-order valence-electron chi connectivity index (χ3n) is 5.60. The maximum atomic E-state index is 13.1. The number of para-hydroxylation sites is 3. The molecule has 0 saturated heterocycles. The zero-order chi connectivity index (χ0) is 22.3. The van der Waals surface area contributed by atoms with Crippen LogP contribution in [0.15, 0.2) is 66.7 Å². The summed E-state index contributed by atoms with van der Waals surface area (Å²) in [5, 5.41) is 0. The molecule has 3 aromatic carbocycles. The van der Waals surface area contributed by atoms with Crippen molar-refractivity contribution in [2.24, 2.45) is 0 Å². The number of imidazole rings is 1. The Balaban J connectivity index is 2.05. The quantitative estimate of drug-likeness (QED) is 0.326. The molecule has 0 N–H and O–H groups in total. The maximum absolute atomic E-state index is 13.1. The predicted octanol–water partition coefficient (Wildman–Crippen LogP) is 7.96. The van der Waals surface area contributed by atoms with Crippen molar-refractivity contribution in [3.63, 3.8) is 0 Å². The molecular weight excluding hydrogens is 397 g/mol. The Morgan fingerprint density at radius 2 is 1.32 bits per heavy atom. The summed E-state index contributed by atoms with van der Waals surface area (Å²) in [6.07, 6.45) is -4.37. The van der Waals surface area contributed by atoms with Crippen molar-refractivity contribution in [3.05, 3.63) is 83.4 Å². The van der Waals surface area contributed by atoms with Crippen LogP contribution in [0.4, 0.5) is 13.2 Å². The van der Waals surface area contributed by atoms with Gasteiger partial charge in [-0.25, -0.2) is 4.98 Å². The van der Waals surface area contributed by atoms with Crippen LogP contribution in [0.1, 0.15) is 56.2 Å². The molecular formula is C26H25F3N2. The van der Waals surface area contributed by atoms with Crippen LogP contribution < -0.4 is 0 Å². The number of rotatable bonds is 4. The van der Waals surface area contributed by atoms with Crippen LogP contribution in [0, 0.1) is 0 Å². The van der Waals surface area contributed by atoms with Gasteiger partial charge in [-0.15, -0.1) is 0 Å². The molecule has 4 rings (SSSR count). The molecule has 0 amide bonds. The molecule has 0 aliphatic rings. The third kappa shape index (κ3) is 3.85. The lowest BCUT2D eigenvalue weighted by molar-refractivity contribution is -0.137. The van der Waals surface area contributed by atoms with E-state index in [4.69, 9.17) is 4.98 Å². The van der Waals surface area contributed by atoms with E-state index < -0.39 is 11.7 Å². The molecule has 2 nitrogen and oxygen atoms in total. The summed E-state index contributed by atoms with van der Waals surface area (Å²) in [4.78, 5) is 4.83. The van der Waals surface area contributed by atoms with Gasteiger partial charge in [-0.05, 0) is 47.2 Å². The molecule has 0 radical (unpaired) electrons. The first-order chi connectivity index (χ1) is 14.7. The normalized spacial score (nSPS) is 12.3. The molecule has 0 aliphatic heterocycles. The van der Waals surface area contributed by atoms with Gasteiger partial charge in [0.15, 0.2) is 0 Å². The summed E-state index contributed by atoms with van der Waals surface area (Å²) >= 11 is 0. The first-order valence-electron chi connectivity index (χ1n) is 10.5. The minimum atomic E-state index is -4.37. The van der Waals surface area contributed by atoms with Gasteiger partial charge in [-0.3, -0.25) is 4.57 Å². The predicted molar refractivity (Wildman–Crippen MR) is 120 cm³/mol. The van der Waals surface area contributed by atoms with Gasteiger partial charge in [-0.1, -0.05) is 70.2 Å². The van der Waals surface area contributed by atoms with Crippen molar-refractivity contribution in [2.45, 2.75) is 45.7 Å². The minimum Gasteiger partial charge on any atom is -0.292 e. The average molecular weight is 422 g/mol. The van der Waals surface area contributed by atoms with Crippen molar-refractivity contribution in [2.75, 3.05) is 0 Å². The van der Waals surface area contributed by atoms with Gasteiger partial charge in [0, 0.05) is 5.56 Å². The summed E-state index contributed by atoms with van der Waals surface area (Å²) in [5.41, 5.74) is 5.17. The van der Waals surface area contributed by atoms with E-state index >= 15 is 0 Å². The summed E-state index contributed by atoms with van der Waals surface area (Å²) in [6, 6.07) is 19.4. The SMILES string of the molecule is CC(C)c1cccc(C(C)C)c1-n1c(-c2ccc(C(F)(F)F)cc2)nc2ccccc21. The van der Waals surface area contributed by atoms with Crippen LogP contribution in [-0.2, 0) is 6.18 Å². The Bertz CT molecular complexity index is 1190. The standard InChI is InChI=1S/C26H25F3N2/c1-16(2)20-8-7-9-21(17(3)4)24(20)31-23-11-6-5-10-22(23)30-25(31)18-12-14-19(15-13-18)26(27,28)29/h5-17H,1-4H3. The lowest BCUT2D eigenvalue weighted by Gasteiger charge is -2.22. The van der Waals surface area contributed by atoms with Crippen LogP contribution in [-0.4, -0.2) is 9.55 Å². The van der Waals surface area contributed by atoms with E-state index in [1.165, 1.54) is 23.3 Å². The fraction of sp³-hybridized carbons (Fsp3) is 0.269. The van der Waals surface area contributed by atoms with Crippen LogP contribution in [0.3, 0.4) is 0 Å². The van der Waals surface area contributed by atoms with Crippen LogP contribution in [0.2, 0.25) is 0 Å². The average Bonchev–Trinajstić information content (AvgIpc) is 3.11. The number of fused-ring (bicyclic) bond motifs is 1. The Labute approximate surface area is 180 Å². The molecule has 0 aliphatic carbocycles. The summed E-state index contributed by atoms with van der Waals surface area (Å²) in [6.45, 7) is 8.61. The number of benzene rings is 3. The van der Waals surface area contributed by atoms with E-state index in [9.17, 15) is 13.2 Å². The van der Waals surface area contributed by atoms with Gasteiger partial charge in [0.05, 0.1) is 22.3 Å². The number of hydrogen-bond donors (Lipinski definition) is 0. The van der Waals surface area contributed by atoms with Gasteiger partial charge in [0.25, 0.3) is 0 Å². The number of alkyl halides is 3. The van der Waals surface area contributed by atoms with E-state index in [0.717, 1.165) is 28.9 Å². The van der Waals surface area contributed by atoms with Crippen molar-refractivity contribution in [1.82, 2.24) is 9.55 Å². The molecule has 5 heteroatoms. The largest absolute Gasteiger partial charge is 0.416 e. The fourth-order valence-corrected chi connectivity index (χ4v) is 4.02. The third-order valence-corrected chi connectivity index (χ3v) is 5.60. The smallest absolute Gasteiger partial charge is 0.292 e. The lowest BCUT2D eigenvalue weighted by Crippen LogP contribution is -2.09. The Hall–Kier alpha value is -3.08. The second kappa shape index (κ2) is 7.88. The maximum Gasteiger partial charge on any atom is 0.416 e. The fourth-order valence-electron chi connectivity index (χ4n) is 4.02. The Morgan fingerprint density at radius 3 is 1.87 bits per heavy atom. The van der Waals surface area contributed by atoms with Gasteiger partial charge in [0.1, 0.15) is 5.82 Å². The molecule has 1 aromatic heterocycles. The van der Waals surface area contributed by atoms with E-state index in [-0.39, 0.29) is 11.8 Å². The molecule has 160 valence electrons. The molecule has 31 heavy (non-hydrogen) atoms. The highest BCUT2D eigenvalue weighted by Gasteiger charge is 2.30. The summed E-state index contributed by atoms with van der Waals surface area (Å²) in [5.74, 6) is 1.19. The summed E-state index contributed by atoms with van der Waals surface area (Å²) < 4.78 is 41.4. The van der Waals surface area contributed by atoms with E-state index in [2.05, 4.69) is 50.5 Å². The van der Waals surface area contributed by atoms with Crippen LogP contribution in [0.25, 0.3) is 28.1 Å². The second-order valence-corrected chi connectivity index (χ2v) is 8.43. The molecule has 0 fully saturated rings. The van der Waals surface area contributed by atoms with E-state index in [0.29, 0.717) is 11.4 Å². The summed E-state index contributed by atoms with van der Waals surface area (Å²) in [7, 11) is 0. The van der Waals surface area contributed by atoms with Crippen LogP contribution in [0.5, 0.6) is 0 Å².